The van der Waals surface area contributed by atoms with E-state index in [1.807, 2.05) is 6.92 Å². The van der Waals surface area contributed by atoms with Crippen LogP contribution >= 0.6 is 0 Å². The minimum Gasteiger partial charge on any atom is -0.365 e. The number of hydrogen-bond donors (Lipinski definition) is 2. The summed E-state index contributed by atoms with van der Waals surface area (Å²) in [5, 5.41) is 5.57. The summed E-state index contributed by atoms with van der Waals surface area (Å²) >= 11 is 0. The van der Waals surface area contributed by atoms with Crippen molar-refractivity contribution in [3.63, 3.8) is 0 Å². The van der Waals surface area contributed by atoms with Gasteiger partial charge in [-0.3, -0.25) is 5.40 Å². The van der Waals surface area contributed by atoms with Gasteiger partial charge in [0.05, 0.1) is 6.23 Å². The molecule has 0 bridgehead atoms. The molecule has 1 atom stereocenters. The highest BCUT2D eigenvalue weighted by Gasteiger charge is 2.36. The van der Waals surface area contributed by atoms with Gasteiger partial charge < -0.3 is 19.0 Å². The molecule has 0 fully saturated rings. The topological polar surface area (TPSA) is 79.7 Å². The fraction of sp³-hybridized carbons (Fsp3) is 1.00. The summed E-state index contributed by atoms with van der Waals surface area (Å²) < 4.78 is 14.8. The minimum atomic E-state index is -2.91. The summed E-state index contributed by atoms with van der Waals surface area (Å²) in [5.74, 6) is 0. The zero-order valence-corrected chi connectivity index (χ0v) is 8.16. The summed E-state index contributed by atoms with van der Waals surface area (Å²) in [6.07, 6.45) is 0.269. The molecular formula is C5H16N2O3Si. The van der Waals surface area contributed by atoms with Gasteiger partial charge in [-0.05, 0) is 6.42 Å². The zero-order valence-electron chi connectivity index (χ0n) is 7.16. The van der Waals surface area contributed by atoms with Crippen molar-refractivity contribution in [1.82, 2.24) is 0 Å². The maximum Gasteiger partial charge on any atom is 0.594 e. The Morgan fingerprint density at radius 3 is 2.09 bits per heavy atom. The molecule has 0 aromatic rings. The maximum atomic E-state index is 5.57. The van der Waals surface area contributed by atoms with Crippen molar-refractivity contribution in [3.05, 3.63) is 0 Å². The molecule has 0 spiro atoms. The molecule has 0 heterocycles. The molecule has 0 amide bonds. The highest BCUT2D eigenvalue weighted by Crippen LogP contribution is 2.02. The lowest BCUT2D eigenvalue weighted by atomic mass is 10.5. The van der Waals surface area contributed by atoms with E-state index in [1.165, 1.54) is 14.2 Å². The first-order valence-corrected chi connectivity index (χ1v) is 5.20. The van der Waals surface area contributed by atoms with E-state index in [4.69, 9.17) is 24.4 Å². The van der Waals surface area contributed by atoms with Gasteiger partial charge in [0.2, 0.25) is 0 Å². The normalized spacial score (nSPS) is 15.0. The van der Waals surface area contributed by atoms with Crippen LogP contribution < -0.4 is 11.1 Å². The highest BCUT2D eigenvalue weighted by atomic mass is 28.4. The van der Waals surface area contributed by atoms with Gasteiger partial charge in [0, 0.05) is 14.2 Å². The van der Waals surface area contributed by atoms with E-state index < -0.39 is 15.2 Å². The molecule has 0 saturated carbocycles. The average molecular weight is 180 g/mol. The van der Waals surface area contributed by atoms with Crippen molar-refractivity contribution in [3.8, 4) is 0 Å². The van der Waals surface area contributed by atoms with Crippen molar-refractivity contribution in [2.45, 2.75) is 19.6 Å². The van der Waals surface area contributed by atoms with E-state index in [0.29, 0.717) is 6.42 Å². The Bertz CT molecular complexity index is 110. The van der Waals surface area contributed by atoms with Crippen LogP contribution in [0.4, 0.5) is 0 Å². The monoisotopic (exact) mass is 180 g/mol. The molecule has 0 aliphatic heterocycles. The van der Waals surface area contributed by atoms with Crippen molar-refractivity contribution in [2.24, 2.45) is 11.1 Å². The first-order chi connectivity index (χ1) is 5.08. The fourth-order valence-electron chi connectivity index (χ4n) is 0.474. The molecule has 0 aliphatic carbocycles. The SMILES string of the molecule is CCC(N)O[Si](N)(OC)OC. The van der Waals surface area contributed by atoms with Crippen molar-refractivity contribution in [2.75, 3.05) is 14.2 Å². The molecule has 1 unspecified atom stereocenters. The Labute approximate surface area is 68.1 Å². The third kappa shape index (κ3) is 3.80. The van der Waals surface area contributed by atoms with Crippen LogP contribution in [0.3, 0.4) is 0 Å². The predicted molar refractivity (Wildman–Crippen MR) is 43.3 cm³/mol. The molecule has 0 aromatic heterocycles. The molecule has 0 aromatic carbocycles. The van der Waals surface area contributed by atoms with Gasteiger partial charge in [0.25, 0.3) is 0 Å². The second kappa shape index (κ2) is 4.81. The summed E-state index contributed by atoms with van der Waals surface area (Å²) in [5.41, 5.74) is 5.48. The Hall–Kier alpha value is 0.0169. The lowest BCUT2D eigenvalue weighted by Gasteiger charge is -2.23. The molecule has 6 heteroatoms. The van der Waals surface area contributed by atoms with Crippen molar-refractivity contribution in [1.29, 1.82) is 0 Å². The molecule has 68 valence electrons. The van der Waals surface area contributed by atoms with Gasteiger partial charge >= 0.3 is 8.97 Å². The van der Waals surface area contributed by atoms with Crippen LogP contribution in [-0.4, -0.2) is 29.4 Å². The molecule has 0 aliphatic rings. The molecular weight excluding hydrogens is 164 g/mol. The van der Waals surface area contributed by atoms with E-state index >= 15 is 0 Å². The summed E-state index contributed by atoms with van der Waals surface area (Å²) in [4.78, 5) is 0. The van der Waals surface area contributed by atoms with Crippen molar-refractivity contribution < 1.29 is 13.3 Å². The number of rotatable bonds is 5. The van der Waals surface area contributed by atoms with Crippen LogP contribution in [0.15, 0.2) is 0 Å². The van der Waals surface area contributed by atoms with Crippen molar-refractivity contribution >= 4 is 8.97 Å². The first kappa shape index (κ1) is 11.0. The molecule has 0 radical (unpaired) electrons. The number of nitrogens with two attached hydrogens (primary N) is 2. The Morgan fingerprint density at radius 2 is 1.82 bits per heavy atom. The Kier molecular flexibility index (Phi) is 4.81. The first-order valence-electron chi connectivity index (χ1n) is 3.40. The maximum absolute atomic E-state index is 5.57. The van der Waals surface area contributed by atoms with Gasteiger partial charge in [-0.2, -0.15) is 0 Å². The third-order valence-electron chi connectivity index (χ3n) is 1.29. The summed E-state index contributed by atoms with van der Waals surface area (Å²) in [6.45, 7) is 1.89. The highest BCUT2D eigenvalue weighted by molar-refractivity contribution is 6.56. The van der Waals surface area contributed by atoms with Crippen LogP contribution in [-0.2, 0) is 13.3 Å². The predicted octanol–water partition coefficient (Wildman–Crippen LogP) is -0.615. The van der Waals surface area contributed by atoms with Crippen LogP contribution in [0.5, 0.6) is 0 Å². The quantitative estimate of drug-likeness (QED) is 0.435. The second-order valence-corrected chi connectivity index (χ2v) is 4.34. The minimum absolute atomic E-state index is 0.411. The van der Waals surface area contributed by atoms with Crippen LogP contribution in [0.1, 0.15) is 13.3 Å². The lowest BCUT2D eigenvalue weighted by molar-refractivity contribution is 0.0568. The second-order valence-electron chi connectivity index (χ2n) is 2.08. The fourth-order valence-corrected chi connectivity index (χ4v) is 1.42. The van der Waals surface area contributed by atoms with E-state index in [-0.39, 0.29) is 0 Å². The van der Waals surface area contributed by atoms with E-state index in [2.05, 4.69) is 0 Å². The Balaban J connectivity index is 3.86. The smallest absolute Gasteiger partial charge is 0.365 e. The van der Waals surface area contributed by atoms with Crippen LogP contribution in [0, 0.1) is 0 Å². The van der Waals surface area contributed by atoms with Gasteiger partial charge in [-0.1, -0.05) is 6.92 Å². The lowest BCUT2D eigenvalue weighted by Crippen LogP contribution is -2.57. The standard InChI is InChI=1S/C5H16N2O3Si/c1-4-5(6)10-11(7,8-2)9-3/h5H,4,6-7H2,1-3H3. The largest absolute Gasteiger partial charge is 0.594 e. The van der Waals surface area contributed by atoms with E-state index in [9.17, 15) is 0 Å². The van der Waals surface area contributed by atoms with E-state index in [1.54, 1.807) is 0 Å². The average Bonchev–Trinajstić information content (AvgIpc) is 2.04. The van der Waals surface area contributed by atoms with Gasteiger partial charge in [-0.15, -0.1) is 0 Å². The third-order valence-corrected chi connectivity index (χ3v) is 3.06. The Morgan fingerprint density at radius 1 is 1.36 bits per heavy atom. The van der Waals surface area contributed by atoms with Gasteiger partial charge in [0.1, 0.15) is 0 Å². The summed E-state index contributed by atoms with van der Waals surface area (Å²) in [7, 11) is -0.0213. The zero-order chi connectivity index (χ0) is 8.91. The van der Waals surface area contributed by atoms with Crippen LogP contribution in [0.25, 0.3) is 0 Å². The molecule has 0 rings (SSSR count). The van der Waals surface area contributed by atoms with Crippen LogP contribution in [0.2, 0.25) is 0 Å². The molecule has 11 heavy (non-hydrogen) atoms. The molecule has 4 N–H and O–H groups in total. The summed E-state index contributed by atoms with van der Waals surface area (Å²) in [6, 6.07) is 0. The molecule has 0 saturated heterocycles. The van der Waals surface area contributed by atoms with Gasteiger partial charge in [0.15, 0.2) is 0 Å². The molecule has 5 nitrogen and oxygen atoms in total. The van der Waals surface area contributed by atoms with Gasteiger partial charge in [-0.25, -0.2) is 0 Å². The van der Waals surface area contributed by atoms with E-state index in [0.717, 1.165) is 0 Å². The number of hydrogen-bond acceptors (Lipinski definition) is 5.